The standard InChI is InChI=1S/C12H12N4OS/c1-18-12-14-11(13)16(15-12)10(17)8-7-9-5-3-2-4-6-9/h2-8H,1H3,(H2,13,14,15)/b8-7+. The number of carbonyl (C=O) groups excluding carboxylic acids is 1. The maximum Gasteiger partial charge on any atom is 0.274 e. The molecule has 0 aliphatic heterocycles. The van der Waals surface area contributed by atoms with Crippen molar-refractivity contribution in [1.82, 2.24) is 14.8 Å². The molecule has 0 spiro atoms. The second-order valence-corrected chi connectivity index (χ2v) is 4.22. The summed E-state index contributed by atoms with van der Waals surface area (Å²) in [7, 11) is 0. The first-order valence-electron chi connectivity index (χ1n) is 5.24. The van der Waals surface area contributed by atoms with E-state index in [0.29, 0.717) is 5.16 Å². The number of rotatable bonds is 3. The summed E-state index contributed by atoms with van der Waals surface area (Å²) in [5.41, 5.74) is 6.55. The lowest BCUT2D eigenvalue weighted by atomic mass is 10.2. The van der Waals surface area contributed by atoms with Crippen molar-refractivity contribution >= 4 is 29.7 Å². The summed E-state index contributed by atoms with van der Waals surface area (Å²) in [6, 6.07) is 9.53. The molecule has 0 bridgehead atoms. The van der Waals surface area contributed by atoms with Crippen molar-refractivity contribution in [3.63, 3.8) is 0 Å². The molecule has 0 saturated heterocycles. The van der Waals surface area contributed by atoms with Crippen LogP contribution >= 0.6 is 11.8 Å². The highest BCUT2D eigenvalue weighted by Gasteiger charge is 2.10. The first-order valence-corrected chi connectivity index (χ1v) is 6.47. The van der Waals surface area contributed by atoms with Crippen LogP contribution in [-0.4, -0.2) is 26.9 Å². The van der Waals surface area contributed by atoms with Crippen molar-refractivity contribution in [1.29, 1.82) is 0 Å². The van der Waals surface area contributed by atoms with Gasteiger partial charge in [0.05, 0.1) is 0 Å². The quantitative estimate of drug-likeness (QED) is 0.674. The van der Waals surface area contributed by atoms with Gasteiger partial charge in [-0.1, -0.05) is 42.1 Å². The van der Waals surface area contributed by atoms with Gasteiger partial charge in [0.1, 0.15) is 0 Å². The largest absolute Gasteiger partial charge is 0.368 e. The number of allylic oxidation sites excluding steroid dienone is 1. The van der Waals surface area contributed by atoms with Gasteiger partial charge in [-0.25, -0.2) is 0 Å². The number of nitrogens with zero attached hydrogens (tertiary/aromatic N) is 3. The highest BCUT2D eigenvalue weighted by molar-refractivity contribution is 7.98. The lowest BCUT2D eigenvalue weighted by Crippen LogP contribution is -2.12. The highest BCUT2D eigenvalue weighted by Crippen LogP contribution is 2.11. The molecule has 2 aromatic rings. The maximum absolute atomic E-state index is 11.9. The summed E-state index contributed by atoms with van der Waals surface area (Å²) in [5.74, 6) is -0.216. The van der Waals surface area contributed by atoms with Crippen LogP contribution in [0.3, 0.4) is 0 Å². The van der Waals surface area contributed by atoms with Crippen LogP contribution in [0.2, 0.25) is 0 Å². The van der Waals surface area contributed by atoms with E-state index in [-0.39, 0.29) is 11.9 Å². The van der Waals surface area contributed by atoms with Crippen LogP contribution in [0.25, 0.3) is 6.08 Å². The molecule has 5 nitrogen and oxygen atoms in total. The Balaban J connectivity index is 2.17. The molecular formula is C12H12N4OS. The Morgan fingerprint density at radius 1 is 1.39 bits per heavy atom. The normalized spacial score (nSPS) is 10.9. The van der Waals surface area contributed by atoms with E-state index in [9.17, 15) is 4.79 Å². The maximum atomic E-state index is 11.9. The molecule has 0 unspecified atom stereocenters. The smallest absolute Gasteiger partial charge is 0.274 e. The Hall–Kier alpha value is -2.08. The zero-order chi connectivity index (χ0) is 13.0. The molecule has 0 atom stereocenters. The van der Waals surface area contributed by atoms with Gasteiger partial charge < -0.3 is 5.73 Å². The molecule has 2 rings (SSSR count). The number of aromatic nitrogens is 3. The highest BCUT2D eigenvalue weighted by atomic mass is 32.2. The Morgan fingerprint density at radius 3 is 2.72 bits per heavy atom. The summed E-state index contributed by atoms with van der Waals surface area (Å²) in [5, 5.41) is 4.46. The Morgan fingerprint density at radius 2 is 2.11 bits per heavy atom. The minimum absolute atomic E-state index is 0.0991. The molecule has 0 saturated carbocycles. The minimum atomic E-state index is -0.316. The number of thioether (sulfide) groups is 1. The Labute approximate surface area is 109 Å². The van der Waals surface area contributed by atoms with Gasteiger partial charge in [0, 0.05) is 6.08 Å². The predicted octanol–water partition coefficient (Wildman–Crippen LogP) is 1.94. The molecular weight excluding hydrogens is 248 g/mol. The molecule has 0 fully saturated rings. The van der Waals surface area contributed by atoms with Crippen LogP contribution in [0.5, 0.6) is 0 Å². The third kappa shape index (κ3) is 2.78. The Bertz CT molecular complexity index is 577. The number of hydrogen-bond donors (Lipinski definition) is 1. The van der Waals surface area contributed by atoms with Gasteiger partial charge in [0.15, 0.2) is 0 Å². The molecule has 2 N–H and O–H groups in total. The Kier molecular flexibility index (Phi) is 3.78. The molecule has 0 aliphatic rings. The third-order valence-electron chi connectivity index (χ3n) is 2.22. The SMILES string of the molecule is CSc1nc(N)n(C(=O)/C=C/c2ccccc2)n1. The van der Waals surface area contributed by atoms with Crippen molar-refractivity contribution in [3.05, 3.63) is 42.0 Å². The van der Waals surface area contributed by atoms with E-state index in [4.69, 9.17) is 5.73 Å². The number of nitrogen functional groups attached to an aromatic ring is 1. The fraction of sp³-hybridized carbons (Fsp3) is 0.0833. The summed E-state index contributed by atoms with van der Waals surface area (Å²) in [6.07, 6.45) is 4.95. The summed E-state index contributed by atoms with van der Waals surface area (Å²) < 4.78 is 1.09. The lowest BCUT2D eigenvalue weighted by Gasteiger charge is -1.95. The first-order chi connectivity index (χ1) is 8.70. The van der Waals surface area contributed by atoms with E-state index in [1.807, 2.05) is 36.6 Å². The summed E-state index contributed by atoms with van der Waals surface area (Å²) in [4.78, 5) is 15.8. The number of carbonyl (C=O) groups is 1. The third-order valence-corrected chi connectivity index (χ3v) is 2.76. The van der Waals surface area contributed by atoms with E-state index in [2.05, 4.69) is 10.1 Å². The van der Waals surface area contributed by atoms with Gasteiger partial charge >= 0.3 is 0 Å². The van der Waals surface area contributed by atoms with Crippen LogP contribution in [0, 0.1) is 0 Å². The molecule has 1 aromatic carbocycles. The van der Waals surface area contributed by atoms with Crippen molar-refractivity contribution in [3.8, 4) is 0 Å². The van der Waals surface area contributed by atoms with Crippen molar-refractivity contribution < 1.29 is 4.79 Å². The van der Waals surface area contributed by atoms with Crippen LogP contribution < -0.4 is 5.73 Å². The van der Waals surface area contributed by atoms with Gasteiger partial charge in [-0.3, -0.25) is 4.79 Å². The van der Waals surface area contributed by atoms with Crippen molar-refractivity contribution in [2.45, 2.75) is 5.16 Å². The topological polar surface area (TPSA) is 73.8 Å². The van der Waals surface area contributed by atoms with Gasteiger partial charge in [0.2, 0.25) is 11.1 Å². The van der Waals surface area contributed by atoms with Gasteiger partial charge in [0.25, 0.3) is 5.91 Å². The predicted molar refractivity (Wildman–Crippen MR) is 72.3 cm³/mol. The number of hydrogen-bond acceptors (Lipinski definition) is 5. The van der Waals surface area contributed by atoms with Crippen molar-refractivity contribution in [2.75, 3.05) is 12.0 Å². The van der Waals surface area contributed by atoms with Crippen LogP contribution in [-0.2, 0) is 0 Å². The molecule has 0 amide bonds. The number of anilines is 1. The first kappa shape index (κ1) is 12.4. The molecule has 0 radical (unpaired) electrons. The lowest BCUT2D eigenvalue weighted by molar-refractivity contribution is 0.0956. The monoisotopic (exact) mass is 260 g/mol. The number of benzene rings is 1. The average molecular weight is 260 g/mol. The molecule has 0 aliphatic carbocycles. The summed E-state index contributed by atoms with van der Waals surface area (Å²) >= 11 is 1.34. The van der Waals surface area contributed by atoms with Crippen molar-refractivity contribution in [2.24, 2.45) is 0 Å². The van der Waals surface area contributed by atoms with Crippen LogP contribution in [0.4, 0.5) is 5.95 Å². The fourth-order valence-corrected chi connectivity index (χ4v) is 1.70. The molecule has 92 valence electrons. The van der Waals surface area contributed by atoms with E-state index < -0.39 is 0 Å². The number of nitrogens with two attached hydrogens (primary N) is 1. The second-order valence-electron chi connectivity index (χ2n) is 3.45. The van der Waals surface area contributed by atoms with Crippen LogP contribution in [0.15, 0.2) is 41.6 Å². The molecule has 6 heteroatoms. The van der Waals surface area contributed by atoms with Crippen LogP contribution in [0.1, 0.15) is 10.4 Å². The van der Waals surface area contributed by atoms with Gasteiger partial charge in [-0.15, -0.1) is 5.10 Å². The van der Waals surface area contributed by atoms with E-state index in [0.717, 1.165) is 10.2 Å². The van der Waals surface area contributed by atoms with Gasteiger partial charge in [-0.2, -0.15) is 9.67 Å². The van der Waals surface area contributed by atoms with Gasteiger partial charge in [-0.05, 0) is 17.9 Å². The summed E-state index contributed by atoms with van der Waals surface area (Å²) in [6.45, 7) is 0. The second kappa shape index (κ2) is 5.50. The average Bonchev–Trinajstić information content (AvgIpc) is 2.78. The zero-order valence-electron chi connectivity index (χ0n) is 9.78. The van der Waals surface area contributed by atoms with E-state index >= 15 is 0 Å². The fourth-order valence-electron chi connectivity index (χ4n) is 1.36. The van der Waals surface area contributed by atoms with E-state index in [1.165, 1.54) is 17.8 Å². The molecule has 1 aromatic heterocycles. The zero-order valence-corrected chi connectivity index (χ0v) is 10.6. The van der Waals surface area contributed by atoms with E-state index in [1.54, 1.807) is 6.08 Å². The molecule has 1 heterocycles. The minimum Gasteiger partial charge on any atom is -0.368 e. The molecule has 18 heavy (non-hydrogen) atoms.